The minimum absolute atomic E-state index is 0.0783. The number of ether oxygens (including phenoxy) is 1. The fraction of sp³-hybridized carbons (Fsp3) is 0.500. The molecule has 0 atom stereocenters. The maximum Gasteiger partial charge on any atom is 0.307 e. The Labute approximate surface area is 133 Å². The molecule has 23 heavy (non-hydrogen) atoms. The number of nitrogens with one attached hydrogen (secondary N) is 1. The van der Waals surface area contributed by atoms with E-state index in [-0.39, 0.29) is 13.0 Å². The van der Waals surface area contributed by atoms with Crippen LogP contribution in [0.2, 0.25) is 0 Å². The van der Waals surface area contributed by atoms with Gasteiger partial charge in [-0.2, -0.15) is 0 Å². The van der Waals surface area contributed by atoms with Crippen LogP contribution in [0, 0.1) is 17.5 Å². The number of carbonyl (C=O) groups is 2. The number of carbonyl (C=O) groups excluding carboxylic acids is 2. The Morgan fingerprint density at radius 1 is 1.09 bits per heavy atom. The zero-order valence-corrected chi connectivity index (χ0v) is 13.0. The number of hydrogen-bond donors (Lipinski definition) is 1. The van der Waals surface area contributed by atoms with Gasteiger partial charge in [-0.25, -0.2) is 13.2 Å². The monoisotopic (exact) mass is 331 g/mol. The second-order valence-corrected chi connectivity index (χ2v) is 5.01. The van der Waals surface area contributed by atoms with Crippen LogP contribution in [0.1, 0.15) is 49.4 Å². The Bertz CT molecular complexity index is 550. The summed E-state index contributed by atoms with van der Waals surface area (Å²) in [4.78, 5) is 23.1. The summed E-state index contributed by atoms with van der Waals surface area (Å²) in [5, 5.41) is 2.26. The molecule has 0 aromatic heterocycles. The van der Waals surface area contributed by atoms with Crippen molar-refractivity contribution >= 4 is 11.9 Å². The van der Waals surface area contributed by atoms with Crippen LogP contribution in [0.5, 0.6) is 0 Å². The lowest BCUT2D eigenvalue weighted by molar-refractivity contribution is -0.143. The fourth-order valence-corrected chi connectivity index (χ4v) is 1.86. The molecule has 128 valence electrons. The van der Waals surface area contributed by atoms with Crippen LogP contribution in [-0.2, 0) is 9.53 Å². The van der Waals surface area contributed by atoms with E-state index in [4.69, 9.17) is 4.74 Å². The number of esters is 1. The van der Waals surface area contributed by atoms with E-state index >= 15 is 0 Å². The third-order valence-electron chi connectivity index (χ3n) is 3.16. The van der Waals surface area contributed by atoms with E-state index in [0.717, 1.165) is 31.7 Å². The molecule has 1 aromatic rings. The van der Waals surface area contributed by atoms with Gasteiger partial charge in [-0.05, 0) is 18.6 Å². The number of halogens is 3. The predicted molar refractivity (Wildman–Crippen MR) is 78.4 cm³/mol. The minimum atomic E-state index is -1.70. The van der Waals surface area contributed by atoms with Crippen molar-refractivity contribution in [3.8, 4) is 0 Å². The zero-order chi connectivity index (χ0) is 17.2. The first kappa shape index (κ1) is 19.0. The van der Waals surface area contributed by atoms with Crippen LogP contribution in [0.4, 0.5) is 13.2 Å². The van der Waals surface area contributed by atoms with Crippen molar-refractivity contribution in [2.45, 2.75) is 39.0 Å². The van der Waals surface area contributed by atoms with Crippen LogP contribution in [0.25, 0.3) is 0 Å². The molecule has 0 aliphatic rings. The average Bonchev–Trinajstić information content (AvgIpc) is 2.52. The second-order valence-electron chi connectivity index (χ2n) is 5.01. The van der Waals surface area contributed by atoms with Crippen LogP contribution in [-0.4, -0.2) is 25.0 Å². The minimum Gasteiger partial charge on any atom is -0.466 e. The number of hydrogen-bond acceptors (Lipinski definition) is 3. The van der Waals surface area contributed by atoms with E-state index in [1.165, 1.54) is 0 Å². The van der Waals surface area contributed by atoms with E-state index in [2.05, 4.69) is 12.2 Å². The molecule has 0 saturated heterocycles. The van der Waals surface area contributed by atoms with Crippen molar-refractivity contribution in [2.75, 3.05) is 13.2 Å². The molecule has 0 bridgehead atoms. The third kappa shape index (κ3) is 6.30. The highest BCUT2D eigenvalue weighted by molar-refractivity contribution is 5.94. The molecule has 0 saturated carbocycles. The number of benzene rings is 1. The van der Waals surface area contributed by atoms with Gasteiger partial charge >= 0.3 is 5.97 Å². The summed E-state index contributed by atoms with van der Waals surface area (Å²) in [5.74, 6) is -6.03. The average molecular weight is 331 g/mol. The molecular formula is C16H20F3NO3. The van der Waals surface area contributed by atoms with Gasteiger partial charge in [-0.1, -0.05) is 26.2 Å². The van der Waals surface area contributed by atoms with Gasteiger partial charge in [0.05, 0.1) is 18.6 Å². The molecule has 0 unspecified atom stereocenters. The molecule has 1 N–H and O–H groups in total. The summed E-state index contributed by atoms with van der Waals surface area (Å²) in [6.07, 6.45) is 3.85. The van der Waals surface area contributed by atoms with Gasteiger partial charge in [0.25, 0.3) is 5.91 Å². The molecule has 0 heterocycles. The molecule has 0 fully saturated rings. The topological polar surface area (TPSA) is 55.4 Å². The van der Waals surface area contributed by atoms with Gasteiger partial charge in [0, 0.05) is 6.54 Å². The molecule has 0 radical (unpaired) electrons. The van der Waals surface area contributed by atoms with Crippen LogP contribution in [0.3, 0.4) is 0 Å². The highest BCUT2D eigenvalue weighted by Gasteiger charge is 2.18. The van der Waals surface area contributed by atoms with Crippen molar-refractivity contribution in [2.24, 2.45) is 0 Å². The molecule has 0 aliphatic heterocycles. The smallest absolute Gasteiger partial charge is 0.307 e. The standard InChI is InChI=1S/C16H20F3NO3/c1-2-3-4-5-10-23-13(21)8-9-20-16(22)11-6-7-12(17)15(19)14(11)18/h6-7H,2-5,8-10H2,1H3,(H,20,22). The van der Waals surface area contributed by atoms with Gasteiger partial charge in [-0.15, -0.1) is 0 Å². The molecule has 1 amide bonds. The lowest BCUT2D eigenvalue weighted by Crippen LogP contribution is -2.27. The Morgan fingerprint density at radius 2 is 1.83 bits per heavy atom. The Hall–Kier alpha value is -2.05. The zero-order valence-electron chi connectivity index (χ0n) is 13.0. The molecule has 1 rings (SSSR count). The maximum absolute atomic E-state index is 13.4. The summed E-state index contributed by atoms with van der Waals surface area (Å²) in [6, 6.07) is 1.51. The van der Waals surface area contributed by atoms with Gasteiger partial charge in [0.2, 0.25) is 0 Å². The van der Waals surface area contributed by atoms with Gasteiger partial charge in [0.1, 0.15) is 0 Å². The Balaban J connectivity index is 2.31. The Kier molecular flexibility index (Phi) is 8.15. The lowest BCUT2D eigenvalue weighted by Gasteiger charge is -2.07. The van der Waals surface area contributed by atoms with Crippen molar-refractivity contribution in [1.29, 1.82) is 0 Å². The largest absolute Gasteiger partial charge is 0.466 e. The Morgan fingerprint density at radius 3 is 2.52 bits per heavy atom. The van der Waals surface area contributed by atoms with E-state index in [9.17, 15) is 22.8 Å². The van der Waals surface area contributed by atoms with Crippen LogP contribution < -0.4 is 5.32 Å². The third-order valence-corrected chi connectivity index (χ3v) is 3.16. The van der Waals surface area contributed by atoms with Crippen LogP contribution in [0.15, 0.2) is 12.1 Å². The summed E-state index contributed by atoms with van der Waals surface area (Å²) < 4.78 is 44.2. The highest BCUT2D eigenvalue weighted by Crippen LogP contribution is 2.14. The van der Waals surface area contributed by atoms with E-state index in [1.54, 1.807) is 0 Å². The molecule has 1 aromatic carbocycles. The van der Waals surface area contributed by atoms with Crippen molar-refractivity contribution in [3.05, 3.63) is 35.1 Å². The van der Waals surface area contributed by atoms with Gasteiger partial charge < -0.3 is 10.1 Å². The first-order valence-corrected chi connectivity index (χ1v) is 7.54. The number of unbranched alkanes of at least 4 members (excludes halogenated alkanes) is 3. The van der Waals surface area contributed by atoms with Crippen molar-refractivity contribution in [1.82, 2.24) is 5.32 Å². The van der Waals surface area contributed by atoms with Gasteiger partial charge in [0.15, 0.2) is 17.5 Å². The number of amides is 1. The summed E-state index contributed by atoms with van der Waals surface area (Å²) in [7, 11) is 0. The normalized spacial score (nSPS) is 10.4. The molecular weight excluding hydrogens is 311 g/mol. The molecule has 0 spiro atoms. The van der Waals surface area contributed by atoms with E-state index < -0.39 is 34.9 Å². The molecule has 0 aliphatic carbocycles. The van der Waals surface area contributed by atoms with Crippen LogP contribution >= 0.6 is 0 Å². The van der Waals surface area contributed by atoms with Crippen molar-refractivity contribution in [3.63, 3.8) is 0 Å². The van der Waals surface area contributed by atoms with Gasteiger partial charge in [-0.3, -0.25) is 9.59 Å². The predicted octanol–water partition coefficient (Wildman–Crippen LogP) is 3.35. The highest BCUT2D eigenvalue weighted by atomic mass is 19.2. The first-order valence-electron chi connectivity index (χ1n) is 7.54. The quantitative estimate of drug-likeness (QED) is 0.429. The summed E-state index contributed by atoms with van der Waals surface area (Å²) >= 11 is 0. The maximum atomic E-state index is 13.4. The second kappa shape index (κ2) is 9.86. The molecule has 7 heteroatoms. The molecule has 4 nitrogen and oxygen atoms in total. The first-order chi connectivity index (χ1) is 11.0. The lowest BCUT2D eigenvalue weighted by atomic mass is 10.2. The van der Waals surface area contributed by atoms with E-state index in [1.807, 2.05) is 0 Å². The fourth-order valence-electron chi connectivity index (χ4n) is 1.86. The SMILES string of the molecule is CCCCCCOC(=O)CCNC(=O)c1ccc(F)c(F)c1F. The summed E-state index contributed by atoms with van der Waals surface area (Å²) in [6.45, 7) is 2.32. The number of rotatable bonds is 9. The summed E-state index contributed by atoms with van der Waals surface area (Å²) in [5.41, 5.74) is -0.614. The van der Waals surface area contributed by atoms with Crippen molar-refractivity contribution < 1.29 is 27.5 Å². The van der Waals surface area contributed by atoms with E-state index in [0.29, 0.717) is 12.7 Å².